The summed E-state index contributed by atoms with van der Waals surface area (Å²) in [5, 5.41) is 5.66. The highest BCUT2D eigenvalue weighted by Gasteiger charge is 2.53. The molecule has 4 heteroatoms. The van der Waals surface area contributed by atoms with Gasteiger partial charge in [-0.1, -0.05) is 121 Å². The van der Waals surface area contributed by atoms with E-state index in [1.54, 1.807) is 0 Å². The first-order chi connectivity index (χ1) is 17.8. The lowest BCUT2D eigenvalue weighted by Crippen LogP contribution is -2.31. The summed E-state index contributed by atoms with van der Waals surface area (Å²) < 4.78 is 5.94. The van der Waals surface area contributed by atoms with E-state index in [-0.39, 0.29) is 12.1 Å². The van der Waals surface area contributed by atoms with Crippen molar-refractivity contribution in [2.45, 2.75) is 24.6 Å². The summed E-state index contributed by atoms with van der Waals surface area (Å²) in [5.41, 5.74) is 0.477. The molecule has 1 aliphatic carbocycles. The highest BCUT2D eigenvalue weighted by molar-refractivity contribution is 7.74. The van der Waals surface area contributed by atoms with Gasteiger partial charge in [0.15, 0.2) is 0 Å². The molecule has 0 N–H and O–H groups in total. The first kappa shape index (κ1) is 23.6. The van der Waals surface area contributed by atoms with Crippen LogP contribution in [-0.4, -0.2) is 23.9 Å². The molecule has 1 aliphatic heterocycles. The van der Waals surface area contributed by atoms with Crippen LogP contribution in [0, 0.1) is 11.8 Å². The van der Waals surface area contributed by atoms with Crippen molar-refractivity contribution in [2.75, 3.05) is 6.16 Å². The second-order valence-corrected chi connectivity index (χ2v) is 14.4. The Hall–Kier alpha value is -2.79. The maximum Gasteiger partial charge on any atom is 0.306 e. The molecule has 4 aromatic rings. The lowest BCUT2D eigenvalue weighted by atomic mass is 9.95. The van der Waals surface area contributed by atoms with E-state index in [0.717, 1.165) is 12.6 Å². The number of ether oxygens (including phenoxy) is 1. The molecule has 6 rings (SSSR count). The smallest absolute Gasteiger partial charge is 0.306 e. The zero-order chi connectivity index (χ0) is 24.3. The van der Waals surface area contributed by atoms with Gasteiger partial charge in [0.25, 0.3) is 0 Å². The summed E-state index contributed by atoms with van der Waals surface area (Å²) in [5.74, 6) is 0.720. The van der Waals surface area contributed by atoms with Gasteiger partial charge in [-0.3, -0.25) is 4.79 Å². The predicted molar refractivity (Wildman–Crippen MR) is 153 cm³/mol. The second kappa shape index (κ2) is 10.7. The van der Waals surface area contributed by atoms with E-state index in [1.807, 2.05) is 0 Å². The van der Waals surface area contributed by atoms with Crippen LogP contribution in [0.15, 0.2) is 121 Å². The summed E-state index contributed by atoms with van der Waals surface area (Å²) in [7, 11) is -1.13. The second-order valence-electron chi connectivity index (χ2n) is 9.69. The van der Waals surface area contributed by atoms with Gasteiger partial charge in [0.2, 0.25) is 0 Å². The van der Waals surface area contributed by atoms with E-state index in [0.29, 0.717) is 23.9 Å². The van der Waals surface area contributed by atoms with Crippen molar-refractivity contribution in [3.8, 4) is 0 Å². The highest BCUT2D eigenvalue weighted by Crippen LogP contribution is 2.57. The minimum Gasteiger partial charge on any atom is -0.462 e. The molecule has 4 unspecified atom stereocenters. The fourth-order valence-corrected chi connectivity index (χ4v) is 12.1. The molecule has 180 valence electrons. The third kappa shape index (κ3) is 4.78. The summed E-state index contributed by atoms with van der Waals surface area (Å²) in [4.78, 5) is 12.4. The molecule has 2 nitrogen and oxygen atoms in total. The minimum atomic E-state index is -0.580. The first-order valence-corrected chi connectivity index (χ1v) is 15.7. The molecule has 1 saturated heterocycles. The SMILES string of the molecule is O=C1CC2C(CC(P(c3ccccc3)c3ccccc3)C2CP(c2ccccc2)c2ccccc2)O1. The van der Waals surface area contributed by atoms with Gasteiger partial charge in [-0.15, -0.1) is 0 Å². The molecule has 1 heterocycles. The van der Waals surface area contributed by atoms with Crippen LogP contribution in [0.3, 0.4) is 0 Å². The average molecular weight is 509 g/mol. The Labute approximate surface area is 216 Å². The third-order valence-corrected chi connectivity index (χ3v) is 13.2. The standard InChI is InChI=1S/C32H30O2P2/c33-32-21-28-29(23-35(24-13-5-1-6-14-24)25-15-7-2-8-16-25)31(22-30(28)34-32)36(26-17-9-3-10-18-26)27-19-11-4-12-20-27/h1-20,28-31H,21-23H2. The summed E-state index contributed by atoms with van der Waals surface area (Å²) in [6, 6.07) is 44.0. The normalized spacial score (nSPS) is 23.1. The maximum absolute atomic E-state index is 12.4. The van der Waals surface area contributed by atoms with Crippen LogP contribution in [0.4, 0.5) is 0 Å². The Morgan fingerprint density at radius 1 is 0.639 bits per heavy atom. The first-order valence-electron chi connectivity index (χ1n) is 12.7. The minimum absolute atomic E-state index is 0.0130. The monoisotopic (exact) mass is 508 g/mol. The molecule has 4 aromatic carbocycles. The van der Waals surface area contributed by atoms with Crippen molar-refractivity contribution in [3.63, 3.8) is 0 Å². The molecule has 2 aliphatic rings. The largest absolute Gasteiger partial charge is 0.462 e. The summed E-state index contributed by atoms with van der Waals surface area (Å²) >= 11 is 0. The summed E-state index contributed by atoms with van der Waals surface area (Å²) in [6.07, 6.45) is 2.66. The van der Waals surface area contributed by atoms with Gasteiger partial charge < -0.3 is 4.74 Å². The Balaban J connectivity index is 1.43. The predicted octanol–water partition coefficient (Wildman–Crippen LogP) is 5.57. The van der Waals surface area contributed by atoms with Crippen molar-refractivity contribution in [2.24, 2.45) is 11.8 Å². The van der Waals surface area contributed by atoms with E-state index >= 15 is 0 Å². The fourth-order valence-electron chi connectivity index (χ4n) is 6.03. The molecule has 4 atom stereocenters. The summed E-state index contributed by atoms with van der Waals surface area (Å²) in [6.45, 7) is 0. The van der Waals surface area contributed by atoms with Crippen LogP contribution in [0.2, 0.25) is 0 Å². The molecule has 0 amide bonds. The van der Waals surface area contributed by atoms with Gasteiger partial charge in [-0.2, -0.15) is 0 Å². The number of hydrogen-bond donors (Lipinski definition) is 0. The van der Waals surface area contributed by atoms with Crippen LogP contribution >= 0.6 is 15.8 Å². The molecular formula is C32H30O2P2. The van der Waals surface area contributed by atoms with Crippen molar-refractivity contribution in [3.05, 3.63) is 121 Å². The molecule has 0 spiro atoms. The Bertz CT molecular complexity index is 1200. The number of hydrogen-bond acceptors (Lipinski definition) is 2. The van der Waals surface area contributed by atoms with Gasteiger partial charge in [-0.05, 0) is 61.2 Å². The zero-order valence-corrected chi connectivity index (χ0v) is 22.0. The number of esters is 1. The molecule has 0 radical (unpaired) electrons. The quantitative estimate of drug-likeness (QED) is 0.241. The van der Waals surface area contributed by atoms with Gasteiger partial charge in [-0.25, -0.2) is 0 Å². The molecule has 2 fully saturated rings. The van der Waals surface area contributed by atoms with Crippen molar-refractivity contribution < 1.29 is 9.53 Å². The lowest BCUT2D eigenvalue weighted by molar-refractivity contribution is -0.141. The van der Waals surface area contributed by atoms with Gasteiger partial charge in [0.1, 0.15) is 6.10 Å². The van der Waals surface area contributed by atoms with Crippen LogP contribution in [-0.2, 0) is 9.53 Å². The van der Waals surface area contributed by atoms with Crippen LogP contribution in [0.25, 0.3) is 0 Å². The van der Waals surface area contributed by atoms with E-state index in [4.69, 9.17) is 4.74 Å². The molecule has 0 bridgehead atoms. The molecule has 36 heavy (non-hydrogen) atoms. The van der Waals surface area contributed by atoms with Crippen molar-refractivity contribution in [1.29, 1.82) is 0 Å². The third-order valence-electron chi connectivity index (χ3n) is 7.61. The molecular weight excluding hydrogens is 478 g/mol. The van der Waals surface area contributed by atoms with Gasteiger partial charge in [0, 0.05) is 5.92 Å². The number of benzene rings is 4. The average Bonchev–Trinajstić information content (AvgIpc) is 3.45. The van der Waals surface area contributed by atoms with E-state index < -0.39 is 15.8 Å². The molecule has 1 saturated carbocycles. The van der Waals surface area contributed by atoms with Crippen LogP contribution in [0.5, 0.6) is 0 Å². The van der Waals surface area contributed by atoms with Crippen molar-refractivity contribution in [1.82, 2.24) is 0 Å². The zero-order valence-electron chi connectivity index (χ0n) is 20.2. The number of carbonyl (C=O) groups excluding carboxylic acids is 1. The Kier molecular flexibility index (Phi) is 7.00. The van der Waals surface area contributed by atoms with E-state index in [2.05, 4.69) is 121 Å². The number of rotatable bonds is 7. The maximum atomic E-state index is 12.4. The number of fused-ring (bicyclic) bond motifs is 1. The number of carbonyl (C=O) groups is 1. The topological polar surface area (TPSA) is 26.3 Å². The van der Waals surface area contributed by atoms with Gasteiger partial charge in [0.05, 0.1) is 6.42 Å². The van der Waals surface area contributed by atoms with Crippen molar-refractivity contribution >= 4 is 43.0 Å². The molecule has 0 aromatic heterocycles. The van der Waals surface area contributed by atoms with Crippen LogP contribution in [0.1, 0.15) is 12.8 Å². The lowest BCUT2D eigenvalue weighted by Gasteiger charge is -2.34. The van der Waals surface area contributed by atoms with Crippen LogP contribution < -0.4 is 21.2 Å². The Morgan fingerprint density at radius 3 is 1.56 bits per heavy atom. The Morgan fingerprint density at radius 2 is 1.08 bits per heavy atom. The van der Waals surface area contributed by atoms with Gasteiger partial charge >= 0.3 is 5.97 Å². The van der Waals surface area contributed by atoms with E-state index in [1.165, 1.54) is 21.2 Å². The van der Waals surface area contributed by atoms with E-state index in [9.17, 15) is 4.79 Å². The fraction of sp³-hybridized carbons (Fsp3) is 0.219. The highest BCUT2D eigenvalue weighted by atomic mass is 31.1.